The fourth-order valence-corrected chi connectivity index (χ4v) is 3.63. The van der Waals surface area contributed by atoms with Gasteiger partial charge in [-0.2, -0.15) is 0 Å². The van der Waals surface area contributed by atoms with E-state index in [1.165, 1.54) is 6.07 Å². The Labute approximate surface area is 191 Å². The summed E-state index contributed by atoms with van der Waals surface area (Å²) in [4.78, 5) is 7.52. The molecule has 0 amide bonds. The van der Waals surface area contributed by atoms with Crippen molar-refractivity contribution in [3.05, 3.63) is 69.5 Å². The number of rotatable bonds is 10. The second-order valence-corrected chi connectivity index (χ2v) is 8.07. The molecule has 164 valence electrons. The van der Waals surface area contributed by atoms with E-state index in [2.05, 4.69) is 11.1 Å². The molecule has 1 aliphatic rings. The fraction of sp³-hybridized carbons (Fsp3) is 0.348. The standard InChI is InChI=1S/C23H23Cl2FN2O3/c1-2-9-30-15-18(29)13-28(12-17-5-3-4-6-22(17)26)14-19-11-23(27-31-19)16-7-8-20(24)21(25)10-16/h1,3-8,10,18-19,29H,9,11-15H2/t18-,19-/m0/s1. The zero-order valence-corrected chi connectivity index (χ0v) is 18.3. The molecule has 8 heteroatoms. The quantitative estimate of drug-likeness (QED) is 0.424. The highest BCUT2D eigenvalue weighted by molar-refractivity contribution is 6.42. The maximum atomic E-state index is 14.2. The van der Waals surface area contributed by atoms with Gasteiger partial charge in [0.15, 0.2) is 0 Å². The summed E-state index contributed by atoms with van der Waals surface area (Å²) in [5, 5.41) is 15.4. The van der Waals surface area contributed by atoms with Crippen molar-refractivity contribution in [3.63, 3.8) is 0 Å². The van der Waals surface area contributed by atoms with Crippen LogP contribution < -0.4 is 0 Å². The third-order valence-corrected chi connectivity index (χ3v) is 5.50. The Morgan fingerprint density at radius 2 is 2.10 bits per heavy atom. The predicted molar refractivity (Wildman–Crippen MR) is 120 cm³/mol. The lowest BCUT2D eigenvalue weighted by Gasteiger charge is -2.27. The van der Waals surface area contributed by atoms with Gasteiger partial charge in [-0.3, -0.25) is 4.90 Å². The predicted octanol–water partition coefficient (Wildman–Crippen LogP) is 4.14. The summed E-state index contributed by atoms with van der Waals surface area (Å²) in [6, 6.07) is 11.9. The first-order valence-corrected chi connectivity index (χ1v) is 10.5. The number of terminal acetylenes is 1. The summed E-state index contributed by atoms with van der Waals surface area (Å²) >= 11 is 12.1. The second-order valence-electron chi connectivity index (χ2n) is 7.26. The molecule has 0 saturated heterocycles. The Balaban J connectivity index is 1.64. The largest absolute Gasteiger partial charge is 0.390 e. The van der Waals surface area contributed by atoms with Gasteiger partial charge in [-0.15, -0.1) is 6.42 Å². The normalized spacial score (nSPS) is 16.6. The van der Waals surface area contributed by atoms with Crippen LogP contribution in [0, 0.1) is 18.2 Å². The maximum Gasteiger partial charge on any atom is 0.145 e. The molecule has 0 bridgehead atoms. The first kappa shape index (κ1) is 23.5. The number of oxime groups is 1. The molecule has 0 fully saturated rings. The van der Waals surface area contributed by atoms with Gasteiger partial charge in [-0.05, 0) is 18.2 Å². The minimum Gasteiger partial charge on any atom is -0.390 e. The van der Waals surface area contributed by atoms with Crippen molar-refractivity contribution in [1.29, 1.82) is 0 Å². The average Bonchev–Trinajstić information content (AvgIpc) is 3.20. The number of hydrogen-bond donors (Lipinski definition) is 1. The van der Waals surface area contributed by atoms with E-state index >= 15 is 0 Å². The van der Waals surface area contributed by atoms with E-state index in [1.807, 2.05) is 11.0 Å². The van der Waals surface area contributed by atoms with Crippen LogP contribution in [0.1, 0.15) is 17.5 Å². The van der Waals surface area contributed by atoms with Gasteiger partial charge < -0.3 is 14.7 Å². The number of halogens is 3. The van der Waals surface area contributed by atoms with Crippen molar-refractivity contribution >= 4 is 28.9 Å². The summed E-state index contributed by atoms with van der Waals surface area (Å²) in [7, 11) is 0. The molecule has 0 aliphatic carbocycles. The minimum atomic E-state index is -0.781. The Kier molecular flexibility index (Phi) is 8.70. The molecule has 2 atom stereocenters. The summed E-state index contributed by atoms with van der Waals surface area (Å²) in [6.45, 7) is 1.22. The van der Waals surface area contributed by atoms with Crippen molar-refractivity contribution in [1.82, 2.24) is 4.90 Å². The molecular formula is C23H23Cl2FN2O3. The van der Waals surface area contributed by atoms with Crippen LogP contribution in [0.4, 0.5) is 4.39 Å². The summed E-state index contributed by atoms with van der Waals surface area (Å²) < 4.78 is 19.4. The molecule has 2 aromatic carbocycles. The molecule has 1 aliphatic heterocycles. The Morgan fingerprint density at radius 1 is 1.29 bits per heavy atom. The molecule has 3 rings (SSSR count). The number of benzene rings is 2. The first-order valence-electron chi connectivity index (χ1n) is 9.79. The van der Waals surface area contributed by atoms with Crippen molar-refractivity contribution in [3.8, 4) is 12.3 Å². The van der Waals surface area contributed by atoms with Crippen molar-refractivity contribution < 1.29 is 19.1 Å². The molecule has 0 spiro atoms. The lowest BCUT2D eigenvalue weighted by molar-refractivity contribution is 0.00392. The molecule has 5 nitrogen and oxygen atoms in total. The van der Waals surface area contributed by atoms with E-state index < -0.39 is 6.10 Å². The molecule has 0 aromatic heterocycles. The van der Waals surface area contributed by atoms with Crippen LogP contribution in [0.2, 0.25) is 10.0 Å². The van der Waals surface area contributed by atoms with Crippen LogP contribution >= 0.6 is 23.2 Å². The van der Waals surface area contributed by atoms with E-state index in [4.69, 9.17) is 39.2 Å². The number of ether oxygens (including phenoxy) is 1. The van der Waals surface area contributed by atoms with Crippen LogP contribution in [-0.4, -0.2) is 54.2 Å². The molecule has 1 N–H and O–H groups in total. The average molecular weight is 465 g/mol. The lowest BCUT2D eigenvalue weighted by Crippen LogP contribution is -2.39. The number of aliphatic hydroxyl groups is 1. The molecule has 2 aromatic rings. The van der Waals surface area contributed by atoms with Crippen molar-refractivity contribution in [2.24, 2.45) is 5.16 Å². The molecule has 31 heavy (non-hydrogen) atoms. The molecular weight excluding hydrogens is 442 g/mol. The SMILES string of the molecule is C#CCOC[C@@H](O)CN(Cc1ccccc1F)C[C@@H]1CC(c2ccc(Cl)c(Cl)c2)=NO1. The van der Waals surface area contributed by atoms with Gasteiger partial charge in [-0.1, -0.05) is 58.5 Å². The van der Waals surface area contributed by atoms with Crippen molar-refractivity contribution in [2.45, 2.75) is 25.2 Å². The van der Waals surface area contributed by atoms with Gasteiger partial charge in [0, 0.05) is 37.2 Å². The van der Waals surface area contributed by atoms with E-state index in [-0.39, 0.29) is 31.7 Å². The zero-order chi connectivity index (χ0) is 22.2. The fourth-order valence-electron chi connectivity index (χ4n) is 3.34. The van der Waals surface area contributed by atoms with Crippen LogP contribution in [0.3, 0.4) is 0 Å². The third-order valence-electron chi connectivity index (χ3n) is 4.76. The van der Waals surface area contributed by atoms with Crippen LogP contribution in [0.5, 0.6) is 0 Å². The number of nitrogens with zero attached hydrogens (tertiary/aromatic N) is 2. The van der Waals surface area contributed by atoms with Gasteiger partial charge in [-0.25, -0.2) is 4.39 Å². The Bertz CT molecular complexity index is 964. The van der Waals surface area contributed by atoms with Crippen LogP contribution in [0.15, 0.2) is 47.6 Å². The lowest BCUT2D eigenvalue weighted by atomic mass is 10.0. The molecule has 1 heterocycles. The van der Waals surface area contributed by atoms with Gasteiger partial charge >= 0.3 is 0 Å². The van der Waals surface area contributed by atoms with Crippen LogP contribution in [-0.2, 0) is 16.1 Å². The molecule has 0 radical (unpaired) electrons. The monoisotopic (exact) mass is 464 g/mol. The van der Waals surface area contributed by atoms with Gasteiger partial charge in [0.2, 0.25) is 0 Å². The highest BCUT2D eigenvalue weighted by atomic mass is 35.5. The summed E-state index contributed by atoms with van der Waals surface area (Å²) in [5.41, 5.74) is 2.12. The minimum absolute atomic E-state index is 0.0918. The smallest absolute Gasteiger partial charge is 0.145 e. The highest BCUT2D eigenvalue weighted by Crippen LogP contribution is 2.26. The van der Waals surface area contributed by atoms with E-state index in [1.54, 1.807) is 30.3 Å². The summed E-state index contributed by atoms with van der Waals surface area (Å²) in [5.74, 6) is 2.06. The summed E-state index contributed by atoms with van der Waals surface area (Å²) in [6.07, 6.45) is 4.68. The Hall–Kier alpha value is -2.14. The maximum absolute atomic E-state index is 14.2. The number of hydrogen-bond acceptors (Lipinski definition) is 5. The second kappa shape index (κ2) is 11.5. The Morgan fingerprint density at radius 3 is 2.84 bits per heavy atom. The van der Waals surface area contributed by atoms with E-state index in [0.717, 1.165) is 11.3 Å². The topological polar surface area (TPSA) is 54.3 Å². The van der Waals surface area contributed by atoms with Gasteiger partial charge in [0.05, 0.1) is 28.5 Å². The number of aliphatic hydroxyl groups excluding tert-OH is 1. The third kappa shape index (κ3) is 6.93. The molecule has 0 saturated carbocycles. The zero-order valence-electron chi connectivity index (χ0n) is 16.8. The highest BCUT2D eigenvalue weighted by Gasteiger charge is 2.26. The van der Waals surface area contributed by atoms with Gasteiger partial charge in [0.25, 0.3) is 0 Å². The first-order chi connectivity index (χ1) is 15.0. The van der Waals surface area contributed by atoms with Crippen molar-refractivity contribution in [2.75, 3.05) is 26.3 Å². The van der Waals surface area contributed by atoms with Crippen LogP contribution in [0.25, 0.3) is 0 Å². The van der Waals surface area contributed by atoms with Gasteiger partial charge in [0.1, 0.15) is 18.5 Å². The van der Waals surface area contributed by atoms with E-state index in [9.17, 15) is 9.50 Å². The molecule has 0 unspecified atom stereocenters. The van der Waals surface area contributed by atoms with E-state index in [0.29, 0.717) is 35.1 Å².